The van der Waals surface area contributed by atoms with Gasteiger partial charge in [-0.2, -0.15) is 0 Å². The van der Waals surface area contributed by atoms with E-state index >= 15 is 0 Å². The molecule has 1 N–H and O–H groups in total. The Morgan fingerprint density at radius 3 is 2.80 bits per heavy atom. The minimum Gasteiger partial charge on any atom is -0.496 e. The highest BCUT2D eigenvalue weighted by Crippen LogP contribution is 2.43. The lowest BCUT2D eigenvalue weighted by atomic mass is 9.88. The van der Waals surface area contributed by atoms with Crippen LogP contribution >= 0.6 is 9.24 Å². The van der Waals surface area contributed by atoms with Gasteiger partial charge in [-0.05, 0) is 66.4 Å². The van der Waals surface area contributed by atoms with Gasteiger partial charge >= 0.3 is 0 Å². The highest BCUT2D eigenvalue weighted by molar-refractivity contribution is 7.27. The van der Waals surface area contributed by atoms with Gasteiger partial charge in [0.2, 0.25) is 0 Å². The van der Waals surface area contributed by atoms with Crippen LogP contribution in [-0.2, 0) is 6.42 Å². The molecule has 3 heteroatoms. The molecular formula is C17H27O2P. The molecule has 1 aliphatic rings. The third kappa shape index (κ3) is 3.96. The summed E-state index contributed by atoms with van der Waals surface area (Å²) in [6.07, 6.45) is 5.06. The predicted molar refractivity (Wildman–Crippen MR) is 87.8 cm³/mol. The SMILES string of the molecule is COc1ccc(P)cc1CCC(O)[C@H]1CCC(C)(C)C1. The fourth-order valence-corrected chi connectivity index (χ4v) is 3.65. The van der Waals surface area contributed by atoms with Crippen molar-refractivity contribution in [3.63, 3.8) is 0 Å². The normalized spacial score (nSPS) is 22.8. The molecule has 0 aliphatic heterocycles. The van der Waals surface area contributed by atoms with Crippen molar-refractivity contribution < 1.29 is 9.84 Å². The van der Waals surface area contributed by atoms with E-state index in [4.69, 9.17) is 4.74 Å². The summed E-state index contributed by atoms with van der Waals surface area (Å²) >= 11 is 0. The van der Waals surface area contributed by atoms with Gasteiger partial charge in [0.05, 0.1) is 13.2 Å². The van der Waals surface area contributed by atoms with E-state index in [0.717, 1.165) is 36.7 Å². The first-order valence-electron chi connectivity index (χ1n) is 7.52. The maximum atomic E-state index is 10.4. The van der Waals surface area contributed by atoms with E-state index < -0.39 is 0 Å². The van der Waals surface area contributed by atoms with Crippen molar-refractivity contribution in [1.82, 2.24) is 0 Å². The molecule has 0 amide bonds. The largest absolute Gasteiger partial charge is 0.496 e. The zero-order valence-electron chi connectivity index (χ0n) is 12.9. The van der Waals surface area contributed by atoms with Crippen LogP contribution in [0.1, 0.15) is 45.1 Å². The average Bonchev–Trinajstić information content (AvgIpc) is 2.76. The Bertz CT molecular complexity index is 456. The van der Waals surface area contributed by atoms with Gasteiger partial charge in [0.1, 0.15) is 5.75 Å². The van der Waals surface area contributed by atoms with Crippen LogP contribution in [0, 0.1) is 11.3 Å². The summed E-state index contributed by atoms with van der Waals surface area (Å²) in [4.78, 5) is 0. The van der Waals surface area contributed by atoms with Crippen molar-refractivity contribution in [3.8, 4) is 5.75 Å². The molecular weight excluding hydrogens is 267 g/mol. The first kappa shape index (κ1) is 15.8. The maximum Gasteiger partial charge on any atom is 0.122 e. The minimum absolute atomic E-state index is 0.186. The second-order valence-corrected chi connectivity index (χ2v) is 7.51. The number of rotatable bonds is 5. The summed E-state index contributed by atoms with van der Waals surface area (Å²) < 4.78 is 5.40. The molecule has 1 fully saturated rings. The molecule has 0 spiro atoms. The Morgan fingerprint density at radius 2 is 2.20 bits per heavy atom. The monoisotopic (exact) mass is 294 g/mol. The summed E-state index contributed by atoms with van der Waals surface area (Å²) in [5.74, 6) is 1.39. The van der Waals surface area contributed by atoms with Crippen molar-refractivity contribution >= 4 is 14.5 Å². The fraction of sp³-hybridized carbons (Fsp3) is 0.647. The van der Waals surface area contributed by atoms with E-state index in [9.17, 15) is 5.11 Å². The van der Waals surface area contributed by atoms with Gasteiger partial charge in [-0.15, -0.1) is 9.24 Å². The van der Waals surface area contributed by atoms with Crippen LogP contribution < -0.4 is 10.0 Å². The van der Waals surface area contributed by atoms with E-state index in [0.29, 0.717) is 11.3 Å². The molecule has 2 nitrogen and oxygen atoms in total. The number of benzene rings is 1. The first-order chi connectivity index (χ1) is 9.41. The van der Waals surface area contributed by atoms with E-state index in [1.54, 1.807) is 7.11 Å². The summed E-state index contributed by atoms with van der Waals surface area (Å²) in [6.45, 7) is 4.61. The maximum absolute atomic E-state index is 10.4. The third-order valence-corrected chi connectivity index (χ3v) is 4.92. The Balaban J connectivity index is 1.93. The van der Waals surface area contributed by atoms with Crippen molar-refractivity contribution in [2.24, 2.45) is 11.3 Å². The average molecular weight is 294 g/mol. The van der Waals surface area contributed by atoms with E-state index in [1.165, 1.54) is 12.0 Å². The van der Waals surface area contributed by atoms with Gasteiger partial charge in [-0.3, -0.25) is 0 Å². The standard InChI is InChI=1S/C17H27O2P/c1-17(2)9-8-13(11-17)15(18)6-4-12-10-14(20)5-7-16(12)19-3/h5,7,10,13,15,18H,4,6,8-9,11,20H2,1-3H3/t13-,15?/m0/s1. The van der Waals surface area contributed by atoms with Gasteiger partial charge in [-0.25, -0.2) is 0 Å². The minimum atomic E-state index is -0.186. The molecule has 0 saturated heterocycles. The van der Waals surface area contributed by atoms with E-state index in [1.807, 2.05) is 12.1 Å². The van der Waals surface area contributed by atoms with Gasteiger partial charge in [-0.1, -0.05) is 19.9 Å². The van der Waals surface area contributed by atoms with Crippen molar-refractivity contribution in [2.75, 3.05) is 7.11 Å². The molecule has 0 radical (unpaired) electrons. The number of aryl methyl sites for hydroxylation is 1. The number of aliphatic hydroxyl groups excluding tert-OH is 1. The van der Waals surface area contributed by atoms with Crippen LogP contribution in [-0.4, -0.2) is 18.3 Å². The predicted octanol–water partition coefficient (Wildman–Crippen LogP) is 3.32. The van der Waals surface area contributed by atoms with Crippen molar-refractivity contribution in [1.29, 1.82) is 0 Å². The lowest BCUT2D eigenvalue weighted by Crippen LogP contribution is -2.20. The molecule has 20 heavy (non-hydrogen) atoms. The van der Waals surface area contributed by atoms with Gasteiger partial charge in [0, 0.05) is 0 Å². The molecule has 0 bridgehead atoms. The van der Waals surface area contributed by atoms with Gasteiger partial charge in [0.25, 0.3) is 0 Å². The highest BCUT2D eigenvalue weighted by atomic mass is 31.0. The molecule has 1 aromatic rings. The molecule has 2 unspecified atom stereocenters. The van der Waals surface area contributed by atoms with Crippen LogP contribution in [0.5, 0.6) is 5.75 Å². The highest BCUT2D eigenvalue weighted by Gasteiger charge is 2.34. The van der Waals surface area contributed by atoms with Crippen LogP contribution in [0.15, 0.2) is 18.2 Å². The Morgan fingerprint density at radius 1 is 1.45 bits per heavy atom. The molecule has 3 atom stereocenters. The second kappa shape index (κ2) is 6.45. The van der Waals surface area contributed by atoms with Crippen LogP contribution in [0.25, 0.3) is 0 Å². The summed E-state index contributed by atoms with van der Waals surface area (Å²) in [7, 11) is 4.42. The summed E-state index contributed by atoms with van der Waals surface area (Å²) in [5.41, 5.74) is 1.60. The van der Waals surface area contributed by atoms with Crippen LogP contribution in [0.4, 0.5) is 0 Å². The number of aliphatic hydroxyl groups is 1. The number of hydrogen-bond donors (Lipinski definition) is 1. The van der Waals surface area contributed by atoms with Crippen molar-refractivity contribution in [2.45, 2.75) is 52.1 Å². The number of ether oxygens (including phenoxy) is 1. The third-order valence-electron chi connectivity index (χ3n) is 4.56. The number of hydrogen-bond acceptors (Lipinski definition) is 2. The van der Waals surface area contributed by atoms with Gasteiger partial charge < -0.3 is 9.84 Å². The molecule has 0 aromatic heterocycles. The zero-order chi connectivity index (χ0) is 14.8. The zero-order valence-corrected chi connectivity index (χ0v) is 14.0. The van der Waals surface area contributed by atoms with Gasteiger partial charge in [0.15, 0.2) is 0 Å². The lowest BCUT2D eigenvalue weighted by Gasteiger charge is -2.21. The topological polar surface area (TPSA) is 29.5 Å². The summed E-state index contributed by atoms with van der Waals surface area (Å²) in [6, 6.07) is 6.17. The molecule has 112 valence electrons. The first-order valence-corrected chi connectivity index (χ1v) is 8.09. The molecule has 1 saturated carbocycles. The molecule has 2 rings (SSSR count). The Labute approximate surface area is 125 Å². The Hall–Kier alpha value is -0.590. The molecule has 1 aromatic carbocycles. The van der Waals surface area contributed by atoms with Crippen LogP contribution in [0.3, 0.4) is 0 Å². The second-order valence-electron chi connectivity index (χ2n) is 6.84. The molecule has 1 aliphatic carbocycles. The lowest BCUT2D eigenvalue weighted by molar-refractivity contribution is 0.0961. The Kier molecular flexibility index (Phi) is 5.09. The fourth-order valence-electron chi connectivity index (χ4n) is 3.35. The quantitative estimate of drug-likeness (QED) is 0.844. The van der Waals surface area contributed by atoms with E-state index in [2.05, 4.69) is 29.2 Å². The smallest absolute Gasteiger partial charge is 0.122 e. The number of methoxy groups -OCH3 is 1. The van der Waals surface area contributed by atoms with E-state index in [-0.39, 0.29) is 6.10 Å². The van der Waals surface area contributed by atoms with Crippen molar-refractivity contribution in [3.05, 3.63) is 23.8 Å². The summed E-state index contributed by atoms with van der Waals surface area (Å²) in [5, 5.41) is 11.6. The molecule has 0 heterocycles. The van der Waals surface area contributed by atoms with Crippen LogP contribution in [0.2, 0.25) is 0 Å².